The Bertz CT molecular complexity index is 342. The number of hydrogen-bond donors (Lipinski definition) is 1. The van der Waals surface area contributed by atoms with Gasteiger partial charge in [-0.05, 0) is 18.8 Å². The summed E-state index contributed by atoms with van der Waals surface area (Å²) in [6, 6.07) is 0.214. The Hall–Kier alpha value is -0.680. The lowest BCUT2D eigenvalue weighted by molar-refractivity contribution is 0.203. The van der Waals surface area contributed by atoms with E-state index in [1.165, 1.54) is 24.4 Å². The van der Waals surface area contributed by atoms with Crippen LogP contribution in [0, 0.1) is 5.92 Å². The number of aliphatic hydroxyl groups is 1. The van der Waals surface area contributed by atoms with Gasteiger partial charge in [0.2, 0.25) is 5.13 Å². The van der Waals surface area contributed by atoms with E-state index in [9.17, 15) is 5.11 Å². The Morgan fingerprint density at radius 1 is 1.56 bits per heavy atom. The highest BCUT2D eigenvalue weighted by Crippen LogP contribution is 2.29. The summed E-state index contributed by atoms with van der Waals surface area (Å²) in [7, 11) is 0. The molecular formula is C11H19N3OS. The molecule has 1 saturated heterocycles. The molecular weight excluding hydrogens is 222 g/mol. The van der Waals surface area contributed by atoms with E-state index in [0.717, 1.165) is 23.9 Å². The molecule has 4 nitrogen and oxygen atoms in total. The molecule has 2 atom stereocenters. The van der Waals surface area contributed by atoms with Crippen LogP contribution < -0.4 is 4.90 Å². The fourth-order valence-electron chi connectivity index (χ4n) is 2.27. The second kappa shape index (κ2) is 5.10. The summed E-state index contributed by atoms with van der Waals surface area (Å²) >= 11 is 1.46. The molecule has 0 spiro atoms. The molecule has 0 saturated carbocycles. The Morgan fingerprint density at radius 3 is 3.00 bits per heavy atom. The lowest BCUT2D eigenvalue weighted by Gasteiger charge is -2.38. The molecule has 0 radical (unpaired) electrons. The molecule has 0 unspecified atom stereocenters. The standard InChI is InChI=1S/C11H19N3OS/c1-3-10-12-11(16-13-10)14-6-4-5-8(2)9(14)7-15/h8-9,15H,3-7H2,1-2H3/t8-,9+/m0/s1. The van der Waals surface area contributed by atoms with Crippen LogP contribution in [0.25, 0.3) is 0 Å². The minimum absolute atomic E-state index is 0.211. The quantitative estimate of drug-likeness (QED) is 0.875. The number of aliphatic hydroxyl groups excluding tert-OH is 1. The van der Waals surface area contributed by atoms with E-state index in [0.29, 0.717) is 5.92 Å². The first-order chi connectivity index (χ1) is 7.76. The molecule has 90 valence electrons. The van der Waals surface area contributed by atoms with Crippen LogP contribution in [-0.4, -0.2) is 33.7 Å². The Kier molecular flexibility index (Phi) is 3.76. The molecule has 0 aromatic carbocycles. The highest BCUT2D eigenvalue weighted by molar-refractivity contribution is 7.09. The average molecular weight is 241 g/mol. The van der Waals surface area contributed by atoms with Crippen LogP contribution >= 0.6 is 11.5 Å². The highest BCUT2D eigenvalue weighted by atomic mass is 32.1. The van der Waals surface area contributed by atoms with Crippen LogP contribution in [0.4, 0.5) is 5.13 Å². The summed E-state index contributed by atoms with van der Waals surface area (Å²) < 4.78 is 4.31. The van der Waals surface area contributed by atoms with Gasteiger partial charge in [0.25, 0.3) is 0 Å². The predicted molar refractivity (Wildman–Crippen MR) is 65.9 cm³/mol. The van der Waals surface area contributed by atoms with Crippen LogP contribution in [0.5, 0.6) is 0 Å². The first-order valence-corrected chi connectivity index (χ1v) is 6.73. The van der Waals surface area contributed by atoms with Gasteiger partial charge in [-0.2, -0.15) is 4.37 Å². The molecule has 0 amide bonds. The molecule has 2 rings (SSSR count). The van der Waals surface area contributed by atoms with Gasteiger partial charge in [-0.25, -0.2) is 4.98 Å². The third-order valence-corrected chi connectivity index (χ3v) is 4.11. The summed E-state index contributed by atoms with van der Waals surface area (Å²) in [6.45, 7) is 5.47. The molecule has 1 aliphatic heterocycles. The molecule has 1 aliphatic rings. The average Bonchev–Trinajstić information content (AvgIpc) is 2.77. The summed E-state index contributed by atoms with van der Waals surface area (Å²) in [5.74, 6) is 1.45. The van der Waals surface area contributed by atoms with Crippen molar-refractivity contribution in [3.63, 3.8) is 0 Å². The number of nitrogens with zero attached hydrogens (tertiary/aromatic N) is 3. The largest absolute Gasteiger partial charge is 0.394 e. The number of anilines is 1. The van der Waals surface area contributed by atoms with Crippen LogP contribution in [0.15, 0.2) is 0 Å². The van der Waals surface area contributed by atoms with Gasteiger partial charge < -0.3 is 10.0 Å². The van der Waals surface area contributed by atoms with Crippen molar-refractivity contribution in [1.82, 2.24) is 9.36 Å². The zero-order valence-electron chi connectivity index (χ0n) is 9.89. The second-order valence-corrected chi connectivity index (χ2v) is 5.14. The van der Waals surface area contributed by atoms with Crippen LogP contribution in [-0.2, 0) is 6.42 Å². The summed E-state index contributed by atoms with van der Waals surface area (Å²) in [6.07, 6.45) is 3.25. The van der Waals surface area contributed by atoms with Gasteiger partial charge in [0, 0.05) is 24.5 Å². The van der Waals surface area contributed by atoms with Crippen LogP contribution in [0.1, 0.15) is 32.5 Å². The van der Waals surface area contributed by atoms with Crippen molar-refractivity contribution < 1.29 is 5.11 Å². The molecule has 0 bridgehead atoms. The molecule has 1 N–H and O–H groups in total. The molecule has 2 heterocycles. The third-order valence-electron chi connectivity index (χ3n) is 3.32. The van der Waals surface area contributed by atoms with Gasteiger partial charge in [-0.1, -0.05) is 13.8 Å². The van der Waals surface area contributed by atoms with E-state index in [2.05, 4.69) is 28.1 Å². The molecule has 1 aromatic heterocycles. The van der Waals surface area contributed by atoms with Crippen molar-refractivity contribution in [2.24, 2.45) is 5.92 Å². The number of rotatable bonds is 3. The Balaban J connectivity index is 2.17. The molecule has 1 fully saturated rings. The van der Waals surface area contributed by atoms with Crippen molar-refractivity contribution in [3.8, 4) is 0 Å². The van der Waals surface area contributed by atoms with E-state index in [4.69, 9.17) is 0 Å². The minimum Gasteiger partial charge on any atom is -0.394 e. The smallest absolute Gasteiger partial charge is 0.205 e. The maximum absolute atomic E-state index is 9.47. The molecule has 16 heavy (non-hydrogen) atoms. The lowest BCUT2D eigenvalue weighted by atomic mass is 9.92. The molecule has 5 heteroatoms. The van der Waals surface area contributed by atoms with Crippen molar-refractivity contribution >= 4 is 16.7 Å². The van der Waals surface area contributed by atoms with E-state index >= 15 is 0 Å². The Labute approximate surface area is 100 Å². The van der Waals surface area contributed by atoms with E-state index in [1.807, 2.05) is 0 Å². The van der Waals surface area contributed by atoms with E-state index < -0.39 is 0 Å². The minimum atomic E-state index is 0.211. The van der Waals surface area contributed by atoms with Crippen LogP contribution in [0.2, 0.25) is 0 Å². The van der Waals surface area contributed by atoms with Gasteiger partial charge >= 0.3 is 0 Å². The van der Waals surface area contributed by atoms with Gasteiger partial charge in [-0.15, -0.1) is 0 Å². The first-order valence-electron chi connectivity index (χ1n) is 5.96. The molecule has 1 aromatic rings. The van der Waals surface area contributed by atoms with E-state index in [-0.39, 0.29) is 12.6 Å². The van der Waals surface area contributed by atoms with Crippen molar-refractivity contribution in [1.29, 1.82) is 0 Å². The molecule has 0 aliphatic carbocycles. The highest BCUT2D eigenvalue weighted by Gasteiger charge is 2.29. The summed E-state index contributed by atoms with van der Waals surface area (Å²) in [5, 5.41) is 10.4. The van der Waals surface area contributed by atoms with Crippen LogP contribution in [0.3, 0.4) is 0 Å². The third kappa shape index (κ3) is 2.20. The van der Waals surface area contributed by atoms with Gasteiger partial charge in [0.15, 0.2) is 0 Å². The normalized spacial score (nSPS) is 26.1. The number of aromatic nitrogens is 2. The van der Waals surface area contributed by atoms with Crippen molar-refractivity contribution in [3.05, 3.63) is 5.82 Å². The topological polar surface area (TPSA) is 49.2 Å². The van der Waals surface area contributed by atoms with Gasteiger partial charge in [-0.3, -0.25) is 0 Å². The lowest BCUT2D eigenvalue weighted by Crippen LogP contribution is -2.46. The van der Waals surface area contributed by atoms with Gasteiger partial charge in [0.1, 0.15) is 5.82 Å². The zero-order valence-corrected chi connectivity index (χ0v) is 10.7. The SMILES string of the molecule is CCc1nsc(N2CCC[C@H](C)[C@H]2CO)n1. The monoisotopic (exact) mass is 241 g/mol. The number of hydrogen-bond acceptors (Lipinski definition) is 5. The van der Waals surface area contributed by atoms with Crippen molar-refractivity contribution in [2.45, 2.75) is 39.2 Å². The number of aryl methyl sites for hydroxylation is 1. The maximum Gasteiger partial charge on any atom is 0.205 e. The fraction of sp³-hybridized carbons (Fsp3) is 0.818. The fourth-order valence-corrected chi connectivity index (χ4v) is 3.10. The number of piperidine rings is 1. The summed E-state index contributed by atoms with van der Waals surface area (Å²) in [5.41, 5.74) is 0. The van der Waals surface area contributed by atoms with E-state index in [1.54, 1.807) is 0 Å². The summed E-state index contributed by atoms with van der Waals surface area (Å²) in [4.78, 5) is 6.73. The van der Waals surface area contributed by atoms with Gasteiger partial charge in [0.05, 0.1) is 12.6 Å². The first kappa shape index (κ1) is 11.8. The second-order valence-electron chi connectivity index (χ2n) is 4.41. The zero-order chi connectivity index (χ0) is 11.5. The predicted octanol–water partition coefficient (Wildman–Crippen LogP) is 1.70. The maximum atomic E-state index is 9.47. The van der Waals surface area contributed by atoms with Crippen molar-refractivity contribution in [2.75, 3.05) is 18.1 Å². The Morgan fingerprint density at radius 2 is 2.38 bits per heavy atom.